The van der Waals surface area contributed by atoms with Crippen LogP contribution in [0, 0.1) is 5.82 Å². The van der Waals surface area contributed by atoms with Gasteiger partial charge in [-0.05, 0) is 48.7 Å². The third-order valence-electron chi connectivity index (χ3n) is 3.69. The van der Waals surface area contributed by atoms with Crippen molar-refractivity contribution in [1.82, 2.24) is 5.32 Å². The minimum absolute atomic E-state index is 0.118. The summed E-state index contributed by atoms with van der Waals surface area (Å²) < 4.78 is 12.9. The van der Waals surface area contributed by atoms with Crippen LogP contribution in [0.15, 0.2) is 42.5 Å². The number of carbonyl (C=O) groups is 2. The molecular weight excluding hydrogens is 331 g/mol. The number of anilines is 1. The zero-order chi connectivity index (χ0) is 17.1. The Morgan fingerprint density at radius 1 is 1.12 bits per heavy atom. The summed E-state index contributed by atoms with van der Waals surface area (Å²) in [4.78, 5) is 24.2. The maximum atomic E-state index is 12.9. The molecule has 0 saturated heterocycles. The van der Waals surface area contributed by atoms with E-state index in [2.05, 4.69) is 10.6 Å². The van der Waals surface area contributed by atoms with Crippen molar-refractivity contribution in [2.75, 3.05) is 5.32 Å². The van der Waals surface area contributed by atoms with Gasteiger partial charge in [-0.2, -0.15) is 0 Å². The quantitative estimate of drug-likeness (QED) is 0.869. The molecule has 0 spiro atoms. The summed E-state index contributed by atoms with van der Waals surface area (Å²) in [7, 11) is 0. The third kappa shape index (κ3) is 4.32. The molecule has 124 valence electrons. The monoisotopic (exact) mass is 346 g/mol. The molecule has 0 heterocycles. The van der Waals surface area contributed by atoms with E-state index in [1.165, 1.54) is 12.1 Å². The smallest absolute Gasteiger partial charge is 0.253 e. The van der Waals surface area contributed by atoms with Crippen molar-refractivity contribution in [2.24, 2.45) is 0 Å². The van der Waals surface area contributed by atoms with Gasteiger partial charge in [0.1, 0.15) is 5.82 Å². The maximum absolute atomic E-state index is 12.9. The molecule has 0 aliphatic heterocycles. The predicted molar refractivity (Wildman–Crippen MR) is 90.7 cm³/mol. The summed E-state index contributed by atoms with van der Waals surface area (Å²) in [5.74, 6) is -0.835. The molecule has 0 bridgehead atoms. The number of nitrogens with one attached hydrogen (secondary N) is 2. The summed E-state index contributed by atoms with van der Waals surface area (Å²) >= 11 is 6.07. The lowest BCUT2D eigenvalue weighted by Crippen LogP contribution is -2.26. The van der Waals surface area contributed by atoms with Crippen molar-refractivity contribution < 1.29 is 14.0 Å². The molecule has 2 N–H and O–H groups in total. The van der Waals surface area contributed by atoms with Crippen molar-refractivity contribution in [3.8, 4) is 0 Å². The summed E-state index contributed by atoms with van der Waals surface area (Å²) in [6.07, 6.45) is 2.08. The minimum atomic E-state index is -0.344. The first kappa shape index (κ1) is 16.5. The number of rotatable bonds is 5. The molecule has 24 heavy (non-hydrogen) atoms. The first-order valence-corrected chi connectivity index (χ1v) is 8.04. The van der Waals surface area contributed by atoms with Crippen LogP contribution in [0.3, 0.4) is 0 Å². The highest BCUT2D eigenvalue weighted by atomic mass is 35.5. The Kier molecular flexibility index (Phi) is 4.81. The van der Waals surface area contributed by atoms with Gasteiger partial charge in [0, 0.05) is 11.7 Å². The molecule has 0 unspecified atom stereocenters. The third-order valence-corrected chi connectivity index (χ3v) is 4.01. The lowest BCUT2D eigenvalue weighted by Gasteiger charge is -2.10. The standard InChI is InChI=1S/C18H16ClFN2O2/c19-16-8-7-14(10-15(16)18(24)22-13-5-6-13)21-17(23)9-11-1-3-12(20)4-2-11/h1-4,7-8,10,13H,5-6,9H2,(H,21,23)(H,22,24). The van der Waals surface area contributed by atoms with Crippen LogP contribution >= 0.6 is 11.6 Å². The lowest BCUT2D eigenvalue weighted by atomic mass is 10.1. The molecule has 0 atom stereocenters. The largest absolute Gasteiger partial charge is 0.349 e. The number of carbonyl (C=O) groups excluding carboxylic acids is 2. The zero-order valence-electron chi connectivity index (χ0n) is 12.8. The Morgan fingerprint density at radius 2 is 1.83 bits per heavy atom. The molecule has 1 saturated carbocycles. The van der Waals surface area contributed by atoms with Crippen LogP contribution in [0.5, 0.6) is 0 Å². The van der Waals surface area contributed by atoms with Crippen LogP contribution in [-0.2, 0) is 11.2 Å². The van der Waals surface area contributed by atoms with Gasteiger partial charge in [0.15, 0.2) is 0 Å². The van der Waals surface area contributed by atoms with Crippen molar-refractivity contribution in [3.63, 3.8) is 0 Å². The summed E-state index contributed by atoms with van der Waals surface area (Å²) in [5.41, 5.74) is 1.53. The fourth-order valence-corrected chi connectivity index (χ4v) is 2.46. The second-order valence-corrected chi connectivity index (χ2v) is 6.20. The van der Waals surface area contributed by atoms with Crippen LogP contribution in [-0.4, -0.2) is 17.9 Å². The van der Waals surface area contributed by atoms with E-state index in [1.54, 1.807) is 30.3 Å². The number of halogens is 2. The van der Waals surface area contributed by atoms with Crippen LogP contribution in [0.2, 0.25) is 5.02 Å². The van der Waals surface area contributed by atoms with Crippen LogP contribution < -0.4 is 10.6 Å². The minimum Gasteiger partial charge on any atom is -0.349 e. The average molecular weight is 347 g/mol. The van der Waals surface area contributed by atoms with Gasteiger partial charge in [-0.3, -0.25) is 9.59 Å². The normalized spacial score (nSPS) is 13.4. The molecule has 2 amide bonds. The molecule has 3 rings (SSSR count). The number of benzene rings is 2. The Balaban J connectivity index is 1.66. The van der Waals surface area contributed by atoms with Crippen molar-refractivity contribution in [2.45, 2.75) is 25.3 Å². The SMILES string of the molecule is O=C(Cc1ccc(F)cc1)Nc1ccc(Cl)c(C(=O)NC2CC2)c1. The Hall–Kier alpha value is -2.40. The van der Waals surface area contributed by atoms with E-state index in [-0.39, 0.29) is 30.1 Å². The van der Waals surface area contributed by atoms with Crippen LogP contribution in [0.1, 0.15) is 28.8 Å². The Bertz CT molecular complexity index is 773. The van der Waals surface area contributed by atoms with E-state index in [0.717, 1.165) is 12.8 Å². The van der Waals surface area contributed by atoms with E-state index < -0.39 is 0 Å². The molecule has 0 aromatic heterocycles. The van der Waals surface area contributed by atoms with Crippen molar-refractivity contribution in [1.29, 1.82) is 0 Å². The van der Waals surface area contributed by atoms with Crippen LogP contribution in [0.4, 0.5) is 10.1 Å². The molecule has 6 heteroatoms. The second-order valence-electron chi connectivity index (χ2n) is 5.79. The molecule has 1 aliphatic carbocycles. The van der Waals surface area contributed by atoms with Gasteiger partial charge in [0.25, 0.3) is 5.91 Å². The molecule has 1 fully saturated rings. The highest BCUT2D eigenvalue weighted by Gasteiger charge is 2.24. The number of hydrogen-bond donors (Lipinski definition) is 2. The van der Waals surface area contributed by atoms with Gasteiger partial charge in [-0.25, -0.2) is 4.39 Å². The fourth-order valence-electron chi connectivity index (χ4n) is 2.26. The van der Waals surface area contributed by atoms with Crippen molar-refractivity contribution in [3.05, 3.63) is 64.4 Å². The van der Waals surface area contributed by atoms with Crippen LogP contribution in [0.25, 0.3) is 0 Å². The zero-order valence-corrected chi connectivity index (χ0v) is 13.6. The van der Waals surface area contributed by atoms with Gasteiger partial charge in [-0.1, -0.05) is 23.7 Å². The fraction of sp³-hybridized carbons (Fsp3) is 0.222. The van der Waals surface area contributed by atoms with Gasteiger partial charge in [-0.15, -0.1) is 0 Å². The lowest BCUT2D eigenvalue weighted by molar-refractivity contribution is -0.115. The number of amides is 2. The molecule has 2 aromatic carbocycles. The second kappa shape index (κ2) is 7.01. The Morgan fingerprint density at radius 3 is 2.50 bits per heavy atom. The number of hydrogen-bond acceptors (Lipinski definition) is 2. The van der Waals surface area contributed by atoms with E-state index in [4.69, 9.17) is 11.6 Å². The molecule has 1 aliphatic rings. The van der Waals surface area contributed by atoms with E-state index in [1.807, 2.05) is 0 Å². The van der Waals surface area contributed by atoms with Gasteiger partial charge in [0.05, 0.1) is 17.0 Å². The van der Waals surface area contributed by atoms with E-state index in [9.17, 15) is 14.0 Å². The maximum Gasteiger partial charge on any atom is 0.253 e. The Labute approximate surface area is 144 Å². The van der Waals surface area contributed by atoms with Gasteiger partial charge in [0.2, 0.25) is 5.91 Å². The summed E-state index contributed by atoms with van der Waals surface area (Å²) in [6.45, 7) is 0. The summed E-state index contributed by atoms with van der Waals surface area (Å²) in [6, 6.07) is 10.7. The highest BCUT2D eigenvalue weighted by molar-refractivity contribution is 6.34. The molecular formula is C18H16ClFN2O2. The first-order chi connectivity index (χ1) is 11.5. The highest BCUT2D eigenvalue weighted by Crippen LogP contribution is 2.24. The topological polar surface area (TPSA) is 58.2 Å². The first-order valence-electron chi connectivity index (χ1n) is 7.66. The molecule has 4 nitrogen and oxygen atoms in total. The van der Waals surface area contributed by atoms with E-state index in [0.29, 0.717) is 21.8 Å². The molecule has 0 radical (unpaired) electrons. The summed E-state index contributed by atoms with van der Waals surface area (Å²) in [5, 5.41) is 5.93. The van der Waals surface area contributed by atoms with Gasteiger partial charge >= 0.3 is 0 Å². The van der Waals surface area contributed by atoms with E-state index >= 15 is 0 Å². The molecule has 2 aromatic rings. The average Bonchev–Trinajstić information content (AvgIpc) is 3.35. The van der Waals surface area contributed by atoms with Crippen molar-refractivity contribution >= 4 is 29.1 Å². The van der Waals surface area contributed by atoms with Gasteiger partial charge < -0.3 is 10.6 Å². The predicted octanol–water partition coefficient (Wildman–Crippen LogP) is 3.55.